The Kier molecular flexibility index (Phi) is 4.13. The van der Waals surface area contributed by atoms with Gasteiger partial charge in [0.2, 0.25) is 0 Å². The molecule has 0 fully saturated rings. The predicted molar refractivity (Wildman–Crippen MR) is 71.7 cm³/mol. The van der Waals surface area contributed by atoms with Gasteiger partial charge in [0, 0.05) is 5.56 Å². The summed E-state index contributed by atoms with van der Waals surface area (Å²) in [7, 11) is 1.65. The van der Waals surface area contributed by atoms with Crippen LogP contribution in [0.4, 0.5) is 0 Å². The first kappa shape index (κ1) is 12.5. The van der Waals surface area contributed by atoms with Crippen LogP contribution in [-0.4, -0.2) is 7.11 Å². The molecule has 2 rings (SSSR count). The summed E-state index contributed by atoms with van der Waals surface area (Å²) in [6.45, 7) is 0. The van der Waals surface area contributed by atoms with E-state index in [4.69, 9.17) is 20.8 Å². The van der Waals surface area contributed by atoms with Gasteiger partial charge in [-0.15, -0.1) is 11.6 Å². The number of methoxy groups -OCH3 is 1. The van der Waals surface area contributed by atoms with E-state index >= 15 is 0 Å². The van der Waals surface area contributed by atoms with Crippen molar-refractivity contribution in [2.24, 2.45) is 0 Å². The highest BCUT2D eigenvalue weighted by Crippen LogP contribution is 2.32. The Bertz CT molecular complexity index is 478. The molecule has 0 aliphatic carbocycles. The summed E-state index contributed by atoms with van der Waals surface area (Å²) in [6.07, 6.45) is 2.38. The first-order chi connectivity index (χ1) is 8.20. The van der Waals surface area contributed by atoms with Crippen LogP contribution in [0.2, 0.25) is 0 Å². The normalized spacial score (nSPS) is 12.4. The third-order valence-corrected chi connectivity index (χ3v) is 3.59. The van der Waals surface area contributed by atoms with Gasteiger partial charge in [0.15, 0.2) is 4.67 Å². The van der Waals surface area contributed by atoms with Crippen molar-refractivity contribution in [2.75, 3.05) is 7.11 Å². The van der Waals surface area contributed by atoms with Crippen molar-refractivity contribution in [1.82, 2.24) is 0 Å². The van der Waals surface area contributed by atoms with E-state index in [9.17, 15) is 0 Å². The Balaban J connectivity index is 2.07. The lowest BCUT2D eigenvalue weighted by Crippen LogP contribution is -1.95. The SMILES string of the molecule is COc1ccc(CC(Cl)c2ccoc2Br)cc1. The molecular weight excluding hydrogens is 303 g/mol. The number of halogens is 2. The van der Waals surface area contributed by atoms with E-state index in [1.54, 1.807) is 13.4 Å². The summed E-state index contributed by atoms with van der Waals surface area (Å²) < 4.78 is 11.0. The summed E-state index contributed by atoms with van der Waals surface area (Å²) in [5.74, 6) is 0.851. The minimum Gasteiger partial charge on any atom is -0.497 e. The van der Waals surface area contributed by atoms with Crippen LogP contribution >= 0.6 is 27.5 Å². The van der Waals surface area contributed by atoms with E-state index < -0.39 is 0 Å². The maximum atomic E-state index is 6.34. The van der Waals surface area contributed by atoms with Crippen LogP contribution in [0, 0.1) is 0 Å². The van der Waals surface area contributed by atoms with Crippen molar-refractivity contribution in [3.63, 3.8) is 0 Å². The van der Waals surface area contributed by atoms with Gasteiger partial charge in [-0.2, -0.15) is 0 Å². The maximum absolute atomic E-state index is 6.34. The average Bonchev–Trinajstić information content (AvgIpc) is 2.76. The third kappa shape index (κ3) is 3.05. The summed E-state index contributed by atoms with van der Waals surface area (Å²) in [5, 5.41) is -0.100. The van der Waals surface area contributed by atoms with Crippen molar-refractivity contribution in [3.05, 3.63) is 52.4 Å². The van der Waals surface area contributed by atoms with E-state index in [-0.39, 0.29) is 5.38 Å². The summed E-state index contributed by atoms with van der Waals surface area (Å²) in [5.41, 5.74) is 2.14. The number of hydrogen-bond donors (Lipinski definition) is 0. The van der Waals surface area contributed by atoms with Crippen molar-refractivity contribution in [1.29, 1.82) is 0 Å². The molecule has 2 nitrogen and oxygen atoms in total. The zero-order valence-corrected chi connectivity index (χ0v) is 11.7. The lowest BCUT2D eigenvalue weighted by atomic mass is 10.1. The van der Waals surface area contributed by atoms with Crippen molar-refractivity contribution in [2.45, 2.75) is 11.8 Å². The molecule has 90 valence electrons. The molecule has 0 aliphatic rings. The lowest BCUT2D eigenvalue weighted by molar-refractivity contribution is 0.414. The third-order valence-electron chi connectivity index (χ3n) is 2.56. The Labute approximate surface area is 114 Å². The highest BCUT2D eigenvalue weighted by molar-refractivity contribution is 9.10. The molecule has 1 aromatic carbocycles. The van der Waals surface area contributed by atoms with Crippen molar-refractivity contribution < 1.29 is 9.15 Å². The molecule has 2 aromatic rings. The standard InChI is InChI=1S/C13H12BrClO2/c1-16-10-4-2-9(3-5-10)8-12(15)11-6-7-17-13(11)14/h2-7,12H,8H2,1H3. The molecule has 1 aromatic heterocycles. The first-order valence-electron chi connectivity index (χ1n) is 5.20. The fourth-order valence-corrected chi connectivity index (χ4v) is 2.60. The second-order valence-electron chi connectivity index (χ2n) is 3.67. The Morgan fingerprint density at radius 2 is 2.00 bits per heavy atom. The molecule has 0 saturated heterocycles. The van der Waals surface area contributed by atoms with Gasteiger partial charge in [-0.1, -0.05) is 12.1 Å². The molecule has 0 saturated carbocycles. The maximum Gasteiger partial charge on any atom is 0.173 e. The first-order valence-corrected chi connectivity index (χ1v) is 6.43. The van der Waals surface area contributed by atoms with E-state index in [2.05, 4.69) is 15.9 Å². The second-order valence-corrected chi connectivity index (χ2v) is 4.92. The van der Waals surface area contributed by atoms with Gasteiger partial charge >= 0.3 is 0 Å². The van der Waals surface area contributed by atoms with Crippen LogP contribution < -0.4 is 4.74 Å². The molecule has 1 heterocycles. The number of hydrogen-bond acceptors (Lipinski definition) is 2. The predicted octanol–water partition coefficient (Wildman–Crippen LogP) is 4.57. The van der Waals surface area contributed by atoms with Gasteiger partial charge in [-0.05, 0) is 46.1 Å². The van der Waals surface area contributed by atoms with Crippen LogP contribution in [0.15, 0.2) is 45.7 Å². The van der Waals surface area contributed by atoms with Gasteiger partial charge < -0.3 is 9.15 Å². The van der Waals surface area contributed by atoms with E-state index in [1.165, 1.54) is 5.56 Å². The molecule has 0 N–H and O–H groups in total. The molecule has 4 heteroatoms. The molecule has 0 spiro atoms. The zero-order valence-electron chi connectivity index (χ0n) is 9.32. The number of rotatable bonds is 4. The van der Waals surface area contributed by atoms with Crippen LogP contribution in [0.5, 0.6) is 5.75 Å². The van der Waals surface area contributed by atoms with Gasteiger partial charge in [-0.25, -0.2) is 0 Å². The van der Waals surface area contributed by atoms with Gasteiger partial charge in [0.25, 0.3) is 0 Å². The number of alkyl halides is 1. The van der Waals surface area contributed by atoms with Gasteiger partial charge in [0.05, 0.1) is 18.8 Å². The molecular formula is C13H12BrClO2. The average molecular weight is 316 g/mol. The summed E-state index contributed by atoms with van der Waals surface area (Å²) in [4.78, 5) is 0. The van der Waals surface area contributed by atoms with Crippen LogP contribution in [-0.2, 0) is 6.42 Å². The monoisotopic (exact) mass is 314 g/mol. The minimum atomic E-state index is -0.100. The fourth-order valence-electron chi connectivity index (χ4n) is 1.61. The van der Waals surface area contributed by atoms with Crippen LogP contribution in [0.3, 0.4) is 0 Å². The van der Waals surface area contributed by atoms with Gasteiger partial charge in [0.1, 0.15) is 5.75 Å². The van der Waals surface area contributed by atoms with Crippen molar-refractivity contribution in [3.8, 4) is 5.75 Å². The van der Waals surface area contributed by atoms with E-state index in [0.29, 0.717) is 4.67 Å². The lowest BCUT2D eigenvalue weighted by Gasteiger charge is -2.08. The molecule has 0 radical (unpaired) electrons. The Hall–Kier alpha value is -0.930. The molecule has 0 aliphatic heterocycles. The fraction of sp³-hybridized carbons (Fsp3) is 0.231. The number of ether oxygens (including phenoxy) is 1. The molecule has 17 heavy (non-hydrogen) atoms. The Morgan fingerprint density at radius 3 is 2.53 bits per heavy atom. The van der Waals surface area contributed by atoms with E-state index in [1.807, 2.05) is 30.3 Å². The van der Waals surface area contributed by atoms with Crippen LogP contribution in [0.25, 0.3) is 0 Å². The smallest absolute Gasteiger partial charge is 0.173 e. The zero-order chi connectivity index (χ0) is 12.3. The minimum absolute atomic E-state index is 0.100. The molecule has 0 bridgehead atoms. The number of benzene rings is 1. The quantitative estimate of drug-likeness (QED) is 0.771. The van der Waals surface area contributed by atoms with E-state index in [0.717, 1.165) is 17.7 Å². The molecule has 0 amide bonds. The summed E-state index contributed by atoms with van der Waals surface area (Å²) >= 11 is 9.67. The molecule has 1 atom stereocenters. The topological polar surface area (TPSA) is 22.4 Å². The highest BCUT2D eigenvalue weighted by atomic mass is 79.9. The summed E-state index contributed by atoms with van der Waals surface area (Å²) in [6, 6.07) is 9.78. The van der Waals surface area contributed by atoms with Crippen LogP contribution in [0.1, 0.15) is 16.5 Å². The number of furan rings is 1. The Morgan fingerprint density at radius 1 is 1.29 bits per heavy atom. The van der Waals surface area contributed by atoms with Crippen molar-refractivity contribution >= 4 is 27.5 Å². The molecule has 1 unspecified atom stereocenters. The second kappa shape index (κ2) is 5.61. The largest absolute Gasteiger partial charge is 0.497 e. The van der Waals surface area contributed by atoms with Gasteiger partial charge in [-0.3, -0.25) is 0 Å². The highest BCUT2D eigenvalue weighted by Gasteiger charge is 2.14.